The van der Waals surface area contributed by atoms with E-state index in [9.17, 15) is 14.3 Å². The van der Waals surface area contributed by atoms with Gasteiger partial charge in [-0.1, -0.05) is 19.3 Å². The van der Waals surface area contributed by atoms with E-state index in [-0.39, 0.29) is 5.82 Å². The van der Waals surface area contributed by atoms with Crippen LogP contribution in [0.3, 0.4) is 0 Å². The van der Waals surface area contributed by atoms with E-state index in [1.165, 1.54) is 18.2 Å². The highest BCUT2D eigenvalue weighted by molar-refractivity contribution is 5.99. The number of hydrogen-bond donors (Lipinski definition) is 2. The summed E-state index contributed by atoms with van der Waals surface area (Å²) in [7, 11) is 0. The normalized spacial score (nSPS) is 18.3. The van der Waals surface area contributed by atoms with Crippen LogP contribution in [0.4, 0.5) is 10.2 Å². The Hall–Kier alpha value is -1.95. The molecule has 1 heterocycles. The largest absolute Gasteiger partial charge is 0.382 e. The van der Waals surface area contributed by atoms with Gasteiger partial charge >= 0.3 is 0 Å². The first-order chi connectivity index (χ1) is 9.51. The quantitative estimate of drug-likeness (QED) is 0.836. The monoisotopic (exact) mass is 277 g/mol. The van der Waals surface area contributed by atoms with Crippen molar-refractivity contribution in [1.82, 2.24) is 9.78 Å². The second-order valence-electron chi connectivity index (χ2n) is 5.36. The van der Waals surface area contributed by atoms with Crippen LogP contribution in [0.1, 0.15) is 36.9 Å². The number of carbonyl (C=O) groups excluding carboxylic acids is 1. The molecule has 0 bridgehead atoms. The van der Waals surface area contributed by atoms with Gasteiger partial charge in [-0.2, -0.15) is 4.68 Å². The summed E-state index contributed by atoms with van der Waals surface area (Å²) in [5.74, 6) is -0.828. The molecule has 5 nitrogen and oxygen atoms in total. The van der Waals surface area contributed by atoms with Gasteiger partial charge in [-0.15, -0.1) is 5.10 Å². The Bertz CT molecular complexity index is 674. The molecule has 0 amide bonds. The van der Waals surface area contributed by atoms with Crippen molar-refractivity contribution >= 4 is 22.6 Å². The zero-order valence-corrected chi connectivity index (χ0v) is 11.0. The Morgan fingerprint density at radius 1 is 1.35 bits per heavy atom. The van der Waals surface area contributed by atoms with Crippen LogP contribution in [-0.2, 0) is 0 Å². The average molecular weight is 277 g/mol. The van der Waals surface area contributed by atoms with Crippen molar-refractivity contribution < 1.29 is 14.3 Å². The van der Waals surface area contributed by atoms with Gasteiger partial charge in [-0.3, -0.25) is 4.79 Å². The Morgan fingerprint density at radius 2 is 2.05 bits per heavy atom. The molecule has 0 radical (unpaired) electrons. The van der Waals surface area contributed by atoms with Crippen LogP contribution < -0.4 is 5.73 Å². The fourth-order valence-corrected chi connectivity index (χ4v) is 2.82. The van der Waals surface area contributed by atoms with Crippen LogP contribution >= 0.6 is 0 Å². The van der Waals surface area contributed by atoms with E-state index in [0.717, 1.165) is 23.9 Å². The van der Waals surface area contributed by atoms with Crippen molar-refractivity contribution in [3.63, 3.8) is 0 Å². The van der Waals surface area contributed by atoms with Crippen molar-refractivity contribution in [2.24, 2.45) is 0 Å². The molecule has 0 aliphatic heterocycles. The van der Waals surface area contributed by atoms with Crippen molar-refractivity contribution in [3.05, 3.63) is 24.0 Å². The lowest BCUT2D eigenvalue weighted by atomic mass is 9.84. The lowest BCUT2D eigenvalue weighted by Crippen LogP contribution is -2.44. The molecule has 106 valence electrons. The van der Waals surface area contributed by atoms with Crippen LogP contribution in [-0.4, -0.2) is 26.4 Å². The van der Waals surface area contributed by atoms with Gasteiger partial charge in [0.2, 0.25) is 0 Å². The smallest absolute Gasteiger partial charge is 0.279 e. The zero-order chi connectivity index (χ0) is 14.3. The molecule has 1 saturated carbocycles. The molecule has 1 aromatic heterocycles. The minimum Gasteiger partial charge on any atom is -0.382 e. The Kier molecular flexibility index (Phi) is 2.97. The summed E-state index contributed by atoms with van der Waals surface area (Å²) in [6.07, 6.45) is 3.49. The third kappa shape index (κ3) is 1.96. The first-order valence-electron chi connectivity index (χ1n) is 6.72. The summed E-state index contributed by atoms with van der Waals surface area (Å²) < 4.78 is 14.3. The molecule has 1 aromatic carbocycles. The predicted octanol–water partition coefficient (Wildman–Crippen LogP) is 2.09. The van der Waals surface area contributed by atoms with E-state index in [1.807, 2.05) is 0 Å². The summed E-state index contributed by atoms with van der Waals surface area (Å²) in [5, 5.41) is 14.8. The molecule has 0 unspecified atom stereocenters. The SMILES string of the molecule is Nc1nn(C(=O)C2(O)CCCCC2)c2ccc(F)cc12. The van der Waals surface area contributed by atoms with Gasteiger partial charge in [-0.05, 0) is 31.0 Å². The maximum Gasteiger partial charge on any atom is 0.279 e. The van der Waals surface area contributed by atoms with E-state index in [2.05, 4.69) is 5.10 Å². The van der Waals surface area contributed by atoms with Crippen molar-refractivity contribution in [2.45, 2.75) is 37.7 Å². The number of halogens is 1. The topological polar surface area (TPSA) is 81.1 Å². The number of aliphatic hydroxyl groups is 1. The van der Waals surface area contributed by atoms with Crippen molar-refractivity contribution in [1.29, 1.82) is 0 Å². The van der Waals surface area contributed by atoms with Gasteiger partial charge in [0.25, 0.3) is 5.91 Å². The van der Waals surface area contributed by atoms with Gasteiger partial charge in [0.15, 0.2) is 5.82 Å². The molecular formula is C14H16FN3O2. The molecule has 6 heteroatoms. The minimum absolute atomic E-state index is 0.0901. The maximum atomic E-state index is 13.2. The van der Waals surface area contributed by atoms with Crippen molar-refractivity contribution in [2.75, 3.05) is 5.73 Å². The number of carbonyl (C=O) groups is 1. The molecule has 2 aromatic rings. The molecule has 3 rings (SSSR count). The van der Waals surface area contributed by atoms with Crippen LogP contribution in [0.25, 0.3) is 10.9 Å². The average Bonchev–Trinajstić information content (AvgIpc) is 2.76. The number of benzene rings is 1. The number of rotatable bonds is 1. The number of nitrogen functional groups attached to an aromatic ring is 1. The summed E-state index contributed by atoms with van der Waals surface area (Å²) in [6, 6.07) is 3.95. The van der Waals surface area contributed by atoms with E-state index >= 15 is 0 Å². The molecule has 0 saturated heterocycles. The van der Waals surface area contributed by atoms with Crippen molar-refractivity contribution in [3.8, 4) is 0 Å². The fourth-order valence-electron chi connectivity index (χ4n) is 2.82. The predicted molar refractivity (Wildman–Crippen MR) is 72.8 cm³/mol. The van der Waals surface area contributed by atoms with Gasteiger partial charge in [-0.25, -0.2) is 4.39 Å². The molecule has 3 N–H and O–H groups in total. The minimum atomic E-state index is -1.39. The van der Waals surface area contributed by atoms with Crippen LogP contribution in [0.2, 0.25) is 0 Å². The van der Waals surface area contributed by atoms with Crippen LogP contribution in [0, 0.1) is 5.82 Å². The lowest BCUT2D eigenvalue weighted by molar-refractivity contribution is 0.00236. The first kappa shape index (κ1) is 13.1. The van der Waals surface area contributed by atoms with Gasteiger partial charge in [0, 0.05) is 5.39 Å². The number of anilines is 1. The molecule has 0 spiro atoms. The standard InChI is InChI=1S/C14H16FN3O2/c15-9-4-5-11-10(8-9)12(16)17-18(11)13(19)14(20)6-2-1-3-7-14/h4-5,8,20H,1-3,6-7H2,(H2,16,17). The van der Waals surface area contributed by atoms with Crippen LogP contribution in [0.5, 0.6) is 0 Å². The van der Waals surface area contributed by atoms with Gasteiger partial charge in [0.05, 0.1) is 5.52 Å². The van der Waals surface area contributed by atoms with Gasteiger partial charge in [0.1, 0.15) is 11.4 Å². The highest BCUT2D eigenvalue weighted by Crippen LogP contribution is 2.31. The zero-order valence-electron chi connectivity index (χ0n) is 11.0. The van der Waals surface area contributed by atoms with E-state index < -0.39 is 17.3 Å². The molecular weight excluding hydrogens is 261 g/mol. The number of nitrogens with zero attached hydrogens (tertiary/aromatic N) is 2. The molecule has 1 aliphatic carbocycles. The Morgan fingerprint density at radius 3 is 2.75 bits per heavy atom. The van der Waals surface area contributed by atoms with Gasteiger partial charge < -0.3 is 10.8 Å². The Balaban J connectivity index is 2.08. The second-order valence-corrected chi connectivity index (χ2v) is 5.36. The van der Waals surface area contributed by atoms with E-state index in [4.69, 9.17) is 5.73 Å². The Labute approximate surface area is 115 Å². The molecule has 0 atom stereocenters. The molecule has 1 fully saturated rings. The van der Waals surface area contributed by atoms with E-state index in [0.29, 0.717) is 23.7 Å². The van der Waals surface area contributed by atoms with E-state index in [1.54, 1.807) is 0 Å². The van der Waals surface area contributed by atoms with Crippen LogP contribution in [0.15, 0.2) is 18.2 Å². The maximum absolute atomic E-state index is 13.2. The first-order valence-corrected chi connectivity index (χ1v) is 6.72. The number of fused-ring (bicyclic) bond motifs is 1. The third-order valence-corrected chi connectivity index (χ3v) is 3.94. The molecule has 1 aliphatic rings. The highest BCUT2D eigenvalue weighted by Gasteiger charge is 2.39. The summed E-state index contributed by atoms with van der Waals surface area (Å²) >= 11 is 0. The lowest BCUT2D eigenvalue weighted by Gasteiger charge is -2.30. The highest BCUT2D eigenvalue weighted by atomic mass is 19.1. The summed E-state index contributed by atoms with van der Waals surface area (Å²) in [5.41, 5.74) is 4.76. The fraction of sp³-hybridized carbons (Fsp3) is 0.429. The second kappa shape index (κ2) is 4.56. The summed E-state index contributed by atoms with van der Waals surface area (Å²) in [4.78, 5) is 12.5. The number of hydrogen-bond acceptors (Lipinski definition) is 4. The number of aromatic nitrogens is 2. The number of nitrogens with two attached hydrogens (primary N) is 1. The third-order valence-electron chi connectivity index (χ3n) is 3.94. The summed E-state index contributed by atoms with van der Waals surface area (Å²) in [6.45, 7) is 0. The molecule has 20 heavy (non-hydrogen) atoms.